The molecule has 1 spiro atoms. The molecule has 0 radical (unpaired) electrons. The third-order valence-electron chi connectivity index (χ3n) is 7.11. The van der Waals surface area contributed by atoms with Gasteiger partial charge in [0.05, 0.1) is 0 Å². The SMILES string of the molecule is O=C(O)N1CCC2(CC(N3CCC(N4CCC(F)(F)CC4)CC3)C2)C1. The van der Waals surface area contributed by atoms with Crippen LogP contribution in [0.4, 0.5) is 13.6 Å². The number of amides is 1. The molecule has 3 saturated heterocycles. The summed E-state index contributed by atoms with van der Waals surface area (Å²) in [5.74, 6) is -2.46. The second-order valence-electron chi connectivity index (χ2n) is 8.68. The Bertz CT molecular complexity index is 506. The molecule has 4 rings (SSSR count). The molecule has 1 aliphatic carbocycles. The molecule has 1 amide bonds. The first-order valence-corrected chi connectivity index (χ1v) is 9.70. The maximum atomic E-state index is 13.3. The average Bonchev–Trinajstić information content (AvgIpc) is 3.00. The van der Waals surface area contributed by atoms with Crippen LogP contribution in [0.5, 0.6) is 0 Å². The minimum absolute atomic E-state index is 0.0123. The van der Waals surface area contributed by atoms with Gasteiger partial charge >= 0.3 is 6.09 Å². The van der Waals surface area contributed by atoms with E-state index in [2.05, 4.69) is 9.80 Å². The molecule has 25 heavy (non-hydrogen) atoms. The van der Waals surface area contributed by atoms with Crippen molar-refractivity contribution >= 4 is 6.09 Å². The van der Waals surface area contributed by atoms with Gasteiger partial charge in [0.2, 0.25) is 0 Å². The number of hydrogen-bond donors (Lipinski definition) is 1. The molecular weight excluding hydrogens is 328 g/mol. The van der Waals surface area contributed by atoms with Crippen LogP contribution in [0.15, 0.2) is 0 Å². The van der Waals surface area contributed by atoms with Crippen LogP contribution in [0.2, 0.25) is 0 Å². The fraction of sp³-hybridized carbons (Fsp3) is 0.944. The number of rotatable bonds is 2. The normalized spacial score (nSPS) is 37.4. The summed E-state index contributed by atoms with van der Waals surface area (Å²) in [5.41, 5.74) is 0.234. The van der Waals surface area contributed by atoms with Crippen molar-refractivity contribution in [2.45, 2.75) is 63.0 Å². The van der Waals surface area contributed by atoms with Crippen LogP contribution in [-0.4, -0.2) is 83.2 Å². The van der Waals surface area contributed by atoms with Gasteiger partial charge in [-0.25, -0.2) is 13.6 Å². The van der Waals surface area contributed by atoms with Crippen molar-refractivity contribution in [3.8, 4) is 0 Å². The molecule has 4 aliphatic rings. The largest absolute Gasteiger partial charge is 0.465 e. The Hall–Kier alpha value is -0.950. The van der Waals surface area contributed by atoms with Crippen molar-refractivity contribution < 1.29 is 18.7 Å². The van der Waals surface area contributed by atoms with E-state index in [1.807, 2.05) is 0 Å². The van der Waals surface area contributed by atoms with Crippen molar-refractivity contribution in [3.63, 3.8) is 0 Å². The number of hydrogen-bond acceptors (Lipinski definition) is 3. The van der Waals surface area contributed by atoms with Crippen LogP contribution in [-0.2, 0) is 0 Å². The number of halogens is 2. The van der Waals surface area contributed by atoms with Gasteiger partial charge in [-0.2, -0.15) is 0 Å². The summed E-state index contributed by atoms with van der Waals surface area (Å²) in [6.45, 7) is 4.58. The molecule has 3 heterocycles. The van der Waals surface area contributed by atoms with E-state index in [4.69, 9.17) is 5.11 Å². The molecule has 7 heteroatoms. The third kappa shape index (κ3) is 3.50. The number of likely N-dealkylation sites (tertiary alicyclic amines) is 3. The standard InChI is InChI=1S/C18H29F2N3O2/c19-18(20)4-9-22(10-5-18)14-1-6-21(7-2-14)15-11-17(12-15)3-8-23(13-17)16(24)25/h14-15H,1-13H2,(H,24,25). The Balaban J connectivity index is 1.21. The lowest BCUT2D eigenvalue weighted by atomic mass is 9.64. The van der Waals surface area contributed by atoms with Crippen LogP contribution < -0.4 is 0 Å². The minimum atomic E-state index is -2.46. The number of alkyl halides is 2. The average molecular weight is 357 g/mol. The van der Waals surface area contributed by atoms with E-state index in [0.29, 0.717) is 38.3 Å². The second kappa shape index (κ2) is 6.34. The molecule has 0 bridgehead atoms. The lowest BCUT2D eigenvalue weighted by Gasteiger charge is -2.52. The lowest BCUT2D eigenvalue weighted by molar-refractivity contribution is -0.0724. The van der Waals surface area contributed by atoms with Gasteiger partial charge in [-0.05, 0) is 50.6 Å². The summed E-state index contributed by atoms with van der Waals surface area (Å²) in [6, 6.07) is 1.07. The number of nitrogens with zero attached hydrogens (tertiary/aromatic N) is 3. The minimum Gasteiger partial charge on any atom is -0.465 e. The molecule has 0 aromatic rings. The summed E-state index contributed by atoms with van der Waals surface area (Å²) >= 11 is 0. The Kier molecular flexibility index (Phi) is 4.43. The van der Waals surface area contributed by atoms with Gasteiger partial charge in [0.15, 0.2) is 0 Å². The predicted molar refractivity (Wildman–Crippen MR) is 90.0 cm³/mol. The van der Waals surface area contributed by atoms with Gasteiger partial charge in [0.1, 0.15) is 0 Å². The molecule has 1 N–H and O–H groups in total. The first-order valence-electron chi connectivity index (χ1n) is 9.70. The third-order valence-corrected chi connectivity index (χ3v) is 7.11. The molecule has 4 fully saturated rings. The maximum absolute atomic E-state index is 13.3. The van der Waals surface area contributed by atoms with Crippen LogP contribution >= 0.6 is 0 Å². The fourth-order valence-electron chi connectivity index (χ4n) is 5.46. The van der Waals surface area contributed by atoms with Crippen molar-refractivity contribution in [1.82, 2.24) is 14.7 Å². The molecular formula is C18H29F2N3O2. The van der Waals surface area contributed by atoms with Crippen molar-refractivity contribution in [3.05, 3.63) is 0 Å². The van der Waals surface area contributed by atoms with Gasteiger partial charge in [-0.1, -0.05) is 0 Å². The molecule has 142 valence electrons. The van der Waals surface area contributed by atoms with E-state index in [1.165, 1.54) is 0 Å². The highest BCUT2D eigenvalue weighted by Gasteiger charge is 2.51. The number of carbonyl (C=O) groups is 1. The Morgan fingerprint density at radius 3 is 2.04 bits per heavy atom. The highest BCUT2D eigenvalue weighted by Crippen LogP contribution is 2.50. The van der Waals surface area contributed by atoms with Crippen molar-refractivity contribution in [2.24, 2.45) is 5.41 Å². The fourth-order valence-corrected chi connectivity index (χ4v) is 5.46. The molecule has 3 aliphatic heterocycles. The Morgan fingerprint density at radius 2 is 1.48 bits per heavy atom. The zero-order chi connectivity index (χ0) is 17.7. The topological polar surface area (TPSA) is 47.0 Å². The summed E-state index contributed by atoms with van der Waals surface area (Å²) in [7, 11) is 0. The lowest BCUT2D eigenvalue weighted by Crippen LogP contribution is -2.56. The predicted octanol–water partition coefficient (Wildman–Crippen LogP) is 2.71. The van der Waals surface area contributed by atoms with Gasteiger partial charge in [0, 0.05) is 51.1 Å². The molecule has 1 saturated carbocycles. The second-order valence-corrected chi connectivity index (χ2v) is 8.68. The van der Waals surface area contributed by atoms with E-state index in [-0.39, 0.29) is 18.3 Å². The molecule has 0 unspecified atom stereocenters. The van der Waals surface area contributed by atoms with E-state index in [0.717, 1.165) is 45.2 Å². The van der Waals surface area contributed by atoms with Gasteiger partial charge in [-0.15, -0.1) is 0 Å². The molecule has 0 aromatic heterocycles. The van der Waals surface area contributed by atoms with E-state index in [1.54, 1.807) is 4.90 Å². The summed E-state index contributed by atoms with van der Waals surface area (Å²) in [5, 5.41) is 9.13. The highest BCUT2D eigenvalue weighted by atomic mass is 19.3. The van der Waals surface area contributed by atoms with Crippen LogP contribution in [0.3, 0.4) is 0 Å². The van der Waals surface area contributed by atoms with E-state index in [9.17, 15) is 13.6 Å². The molecule has 0 aromatic carbocycles. The summed E-state index contributed by atoms with van der Waals surface area (Å²) in [4.78, 5) is 17.5. The van der Waals surface area contributed by atoms with E-state index >= 15 is 0 Å². The zero-order valence-electron chi connectivity index (χ0n) is 14.8. The Morgan fingerprint density at radius 1 is 0.880 bits per heavy atom. The van der Waals surface area contributed by atoms with Crippen LogP contribution in [0.25, 0.3) is 0 Å². The number of piperidine rings is 2. The Labute approximate surface area is 147 Å². The number of carboxylic acid groups (broad SMARTS) is 1. The van der Waals surface area contributed by atoms with E-state index < -0.39 is 12.0 Å². The maximum Gasteiger partial charge on any atom is 0.407 e. The first kappa shape index (κ1) is 17.5. The van der Waals surface area contributed by atoms with Gasteiger partial charge < -0.3 is 14.9 Å². The first-order chi connectivity index (χ1) is 11.9. The quantitative estimate of drug-likeness (QED) is 0.826. The monoisotopic (exact) mass is 357 g/mol. The van der Waals surface area contributed by atoms with Crippen molar-refractivity contribution in [1.29, 1.82) is 0 Å². The highest BCUT2D eigenvalue weighted by molar-refractivity contribution is 5.65. The smallest absolute Gasteiger partial charge is 0.407 e. The molecule has 0 atom stereocenters. The zero-order valence-corrected chi connectivity index (χ0v) is 14.8. The summed E-state index contributed by atoms with van der Waals surface area (Å²) < 4.78 is 26.6. The van der Waals surface area contributed by atoms with Gasteiger partial charge in [0.25, 0.3) is 5.92 Å². The van der Waals surface area contributed by atoms with Crippen LogP contribution in [0, 0.1) is 5.41 Å². The van der Waals surface area contributed by atoms with Crippen molar-refractivity contribution in [2.75, 3.05) is 39.3 Å². The summed E-state index contributed by atoms with van der Waals surface area (Å²) in [6.07, 6.45) is 4.65. The van der Waals surface area contributed by atoms with Gasteiger partial charge in [-0.3, -0.25) is 4.90 Å². The van der Waals surface area contributed by atoms with Crippen LogP contribution in [0.1, 0.15) is 44.9 Å². The molecule has 5 nitrogen and oxygen atoms in total.